The zero-order chi connectivity index (χ0) is 16.2. The van der Waals surface area contributed by atoms with Crippen molar-refractivity contribution in [1.82, 2.24) is 14.7 Å². The highest BCUT2D eigenvalue weighted by Gasteiger charge is 2.28. The van der Waals surface area contributed by atoms with Crippen molar-refractivity contribution < 1.29 is 4.79 Å². The fourth-order valence-corrected chi connectivity index (χ4v) is 3.39. The number of piperidine rings is 1. The second-order valence-electron chi connectivity index (χ2n) is 6.61. The maximum Gasteiger partial charge on any atom is 0.321 e. The lowest BCUT2D eigenvalue weighted by molar-refractivity contribution is 0.0765. The number of hydrogen-bond donors (Lipinski definition) is 2. The van der Waals surface area contributed by atoms with Crippen molar-refractivity contribution in [3.05, 3.63) is 24.3 Å². The normalized spacial score (nSPS) is 21.3. The van der Waals surface area contributed by atoms with Crippen molar-refractivity contribution in [1.29, 1.82) is 0 Å². The Morgan fingerprint density at radius 3 is 2.26 bits per heavy atom. The van der Waals surface area contributed by atoms with Crippen LogP contribution in [0.2, 0.25) is 0 Å². The number of nitrogens with one attached hydrogen (secondary N) is 1. The van der Waals surface area contributed by atoms with E-state index in [1.807, 2.05) is 17.0 Å². The third-order valence-corrected chi connectivity index (χ3v) is 4.97. The molecule has 1 aromatic carbocycles. The zero-order valence-corrected chi connectivity index (χ0v) is 13.9. The molecule has 0 spiro atoms. The van der Waals surface area contributed by atoms with Crippen molar-refractivity contribution in [2.75, 3.05) is 57.4 Å². The minimum atomic E-state index is -0.00778. The molecule has 2 fully saturated rings. The zero-order valence-electron chi connectivity index (χ0n) is 13.9. The van der Waals surface area contributed by atoms with Crippen LogP contribution in [0, 0.1) is 0 Å². The van der Waals surface area contributed by atoms with Gasteiger partial charge in [0.1, 0.15) is 0 Å². The van der Waals surface area contributed by atoms with Crippen LogP contribution in [0.25, 0.3) is 0 Å². The molecule has 2 aliphatic rings. The number of benzene rings is 1. The van der Waals surface area contributed by atoms with Crippen LogP contribution in [0.5, 0.6) is 0 Å². The molecular weight excluding hydrogens is 290 g/mol. The Labute approximate surface area is 138 Å². The minimum Gasteiger partial charge on any atom is -0.399 e. The standard InChI is InChI=1S/C17H27N5O/c1-20-10-12-21(13-11-20)16-6-8-22(9-7-16)17(23)19-15-4-2-14(18)3-5-15/h2-5,16H,6-13,18H2,1H3,(H,19,23). The van der Waals surface area contributed by atoms with Gasteiger partial charge in [-0.25, -0.2) is 4.79 Å². The van der Waals surface area contributed by atoms with Crippen LogP contribution in [-0.4, -0.2) is 73.1 Å². The molecule has 0 aromatic heterocycles. The number of carbonyl (C=O) groups is 1. The van der Waals surface area contributed by atoms with Gasteiger partial charge in [-0.05, 0) is 44.2 Å². The molecule has 2 heterocycles. The maximum atomic E-state index is 12.3. The van der Waals surface area contributed by atoms with Crippen molar-refractivity contribution in [2.45, 2.75) is 18.9 Å². The second-order valence-corrected chi connectivity index (χ2v) is 6.61. The summed E-state index contributed by atoms with van der Waals surface area (Å²) in [7, 11) is 2.18. The molecule has 2 saturated heterocycles. The summed E-state index contributed by atoms with van der Waals surface area (Å²) in [4.78, 5) is 19.2. The first-order chi connectivity index (χ1) is 11.1. The Kier molecular flexibility index (Phi) is 5.03. The molecule has 3 rings (SSSR count). The van der Waals surface area contributed by atoms with Gasteiger partial charge in [-0.15, -0.1) is 0 Å². The van der Waals surface area contributed by atoms with E-state index >= 15 is 0 Å². The molecule has 0 bridgehead atoms. The van der Waals surface area contributed by atoms with E-state index in [2.05, 4.69) is 22.2 Å². The van der Waals surface area contributed by atoms with Crippen LogP contribution in [0.4, 0.5) is 16.2 Å². The molecular formula is C17H27N5O. The molecule has 23 heavy (non-hydrogen) atoms. The summed E-state index contributed by atoms with van der Waals surface area (Å²) >= 11 is 0. The smallest absolute Gasteiger partial charge is 0.321 e. The van der Waals surface area contributed by atoms with E-state index in [4.69, 9.17) is 5.73 Å². The number of nitrogen functional groups attached to an aromatic ring is 1. The number of likely N-dealkylation sites (tertiary alicyclic amines) is 1. The topological polar surface area (TPSA) is 64.8 Å². The number of hydrogen-bond acceptors (Lipinski definition) is 4. The molecule has 0 saturated carbocycles. The molecule has 0 radical (unpaired) electrons. The van der Waals surface area contributed by atoms with Crippen LogP contribution < -0.4 is 11.1 Å². The van der Waals surface area contributed by atoms with E-state index in [0.29, 0.717) is 11.7 Å². The molecule has 2 aliphatic heterocycles. The molecule has 0 unspecified atom stereocenters. The lowest BCUT2D eigenvalue weighted by Gasteiger charge is -2.42. The minimum absolute atomic E-state index is 0.00778. The lowest BCUT2D eigenvalue weighted by atomic mass is 10.0. The number of likely N-dealkylation sites (N-methyl/N-ethyl adjacent to an activating group) is 1. The van der Waals surface area contributed by atoms with Gasteiger partial charge < -0.3 is 20.9 Å². The van der Waals surface area contributed by atoms with Crippen LogP contribution in [0.15, 0.2) is 24.3 Å². The van der Waals surface area contributed by atoms with E-state index in [1.165, 1.54) is 0 Å². The van der Waals surface area contributed by atoms with Gasteiger partial charge in [-0.3, -0.25) is 4.90 Å². The summed E-state index contributed by atoms with van der Waals surface area (Å²) in [6.07, 6.45) is 2.14. The SMILES string of the molecule is CN1CCN(C2CCN(C(=O)Nc3ccc(N)cc3)CC2)CC1. The first kappa shape index (κ1) is 16.1. The van der Waals surface area contributed by atoms with E-state index in [0.717, 1.165) is 57.8 Å². The summed E-state index contributed by atoms with van der Waals surface area (Å²) in [6, 6.07) is 7.90. The predicted octanol–water partition coefficient (Wildman–Crippen LogP) is 1.51. The van der Waals surface area contributed by atoms with Crippen molar-refractivity contribution in [3.63, 3.8) is 0 Å². The van der Waals surface area contributed by atoms with Gasteiger partial charge in [-0.1, -0.05) is 0 Å². The Morgan fingerprint density at radius 1 is 1.04 bits per heavy atom. The highest BCUT2D eigenvalue weighted by atomic mass is 16.2. The fourth-order valence-electron chi connectivity index (χ4n) is 3.39. The predicted molar refractivity (Wildman–Crippen MR) is 93.5 cm³/mol. The highest BCUT2D eigenvalue weighted by molar-refractivity contribution is 5.89. The molecule has 6 nitrogen and oxygen atoms in total. The largest absolute Gasteiger partial charge is 0.399 e. The van der Waals surface area contributed by atoms with E-state index in [-0.39, 0.29) is 6.03 Å². The van der Waals surface area contributed by atoms with Gasteiger partial charge in [0.25, 0.3) is 0 Å². The molecule has 3 N–H and O–H groups in total. The van der Waals surface area contributed by atoms with Gasteiger partial charge in [0, 0.05) is 56.7 Å². The first-order valence-electron chi connectivity index (χ1n) is 8.46. The molecule has 0 aliphatic carbocycles. The van der Waals surface area contributed by atoms with E-state index in [9.17, 15) is 4.79 Å². The van der Waals surface area contributed by atoms with E-state index in [1.54, 1.807) is 12.1 Å². The average molecular weight is 317 g/mol. The van der Waals surface area contributed by atoms with Crippen molar-refractivity contribution in [3.8, 4) is 0 Å². The van der Waals surface area contributed by atoms with E-state index < -0.39 is 0 Å². The maximum absolute atomic E-state index is 12.3. The monoisotopic (exact) mass is 317 g/mol. The fraction of sp³-hybridized carbons (Fsp3) is 0.588. The Balaban J connectivity index is 1.46. The number of nitrogens with zero attached hydrogens (tertiary/aromatic N) is 3. The number of nitrogens with two attached hydrogens (primary N) is 1. The summed E-state index contributed by atoms with van der Waals surface area (Å²) in [5.74, 6) is 0. The third-order valence-electron chi connectivity index (χ3n) is 4.97. The number of amides is 2. The molecule has 1 aromatic rings. The summed E-state index contributed by atoms with van der Waals surface area (Å²) < 4.78 is 0. The van der Waals surface area contributed by atoms with Crippen molar-refractivity contribution in [2.24, 2.45) is 0 Å². The quantitative estimate of drug-likeness (QED) is 0.812. The molecule has 126 valence electrons. The van der Waals surface area contributed by atoms with Crippen molar-refractivity contribution >= 4 is 17.4 Å². The van der Waals surface area contributed by atoms with Crippen LogP contribution >= 0.6 is 0 Å². The number of anilines is 2. The third kappa shape index (κ3) is 4.14. The summed E-state index contributed by atoms with van der Waals surface area (Å²) in [5, 5.41) is 2.95. The summed E-state index contributed by atoms with van der Waals surface area (Å²) in [6.45, 7) is 6.27. The lowest BCUT2D eigenvalue weighted by Crippen LogP contribution is -2.53. The van der Waals surface area contributed by atoms with Gasteiger partial charge in [0.05, 0.1) is 0 Å². The highest BCUT2D eigenvalue weighted by Crippen LogP contribution is 2.19. The van der Waals surface area contributed by atoms with Gasteiger partial charge >= 0.3 is 6.03 Å². The average Bonchev–Trinajstić information content (AvgIpc) is 2.58. The van der Waals surface area contributed by atoms with Gasteiger partial charge in [0.15, 0.2) is 0 Å². The van der Waals surface area contributed by atoms with Crippen LogP contribution in [0.3, 0.4) is 0 Å². The van der Waals surface area contributed by atoms with Crippen LogP contribution in [-0.2, 0) is 0 Å². The molecule has 0 atom stereocenters. The van der Waals surface area contributed by atoms with Gasteiger partial charge in [0.2, 0.25) is 0 Å². The number of urea groups is 1. The Hall–Kier alpha value is -1.79. The summed E-state index contributed by atoms with van der Waals surface area (Å²) in [5.41, 5.74) is 7.17. The molecule has 2 amide bonds. The number of carbonyl (C=O) groups excluding carboxylic acids is 1. The Bertz CT molecular complexity index is 516. The van der Waals surface area contributed by atoms with Gasteiger partial charge in [-0.2, -0.15) is 0 Å². The second kappa shape index (κ2) is 7.19. The molecule has 6 heteroatoms. The Morgan fingerprint density at radius 2 is 1.65 bits per heavy atom. The number of piperazine rings is 1. The first-order valence-corrected chi connectivity index (χ1v) is 8.46. The number of rotatable bonds is 2. The van der Waals surface area contributed by atoms with Crippen LogP contribution in [0.1, 0.15) is 12.8 Å².